The third-order valence-corrected chi connectivity index (χ3v) is 4.30. The van der Waals surface area contributed by atoms with E-state index in [0.29, 0.717) is 5.69 Å². The summed E-state index contributed by atoms with van der Waals surface area (Å²) < 4.78 is 29.4. The molecule has 0 aliphatic heterocycles. The first-order valence-corrected chi connectivity index (χ1v) is 7.33. The summed E-state index contributed by atoms with van der Waals surface area (Å²) in [7, 11) is 1.73. The highest BCUT2D eigenvalue weighted by Gasteiger charge is 2.20. The molecule has 0 saturated carbocycles. The van der Waals surface area contributed by atoms with Crippen molar-refractivity contribution in [2.45, 2.75) is 26.7 Å². The highest BCUT2D eigenvalue weighted by molar-refractivity contribution is 9.10. The number of aromatic nitrogens is 2. The van der Waals surface area contributed by atoms with Gasteiger partial charge in [0.15, 0.2) is 5.78 Å². The molecule has 6 heteroatoms. The van der Waals surface area contributed by atoms with Gasteiger partial charge in [0.05, 0.1) is 27.8 Å². The summed E-state index contributed by atoms with van der Waals surface area (Å²) in [6.45, 7) is 3.46. The lowest BCUT2D eigenvalue weighted by atomic mass is 10.0. The Bertz CT molecular complexity index is 710. The van der Waals surface area contributed by atoms with Crippen LogP contribution in [-0.4, -0.2) is 15.6 Å². The summed E-state index contributed by atoms with van der Waals surface area (Å²) in [6, 6.07) is 2.00. The van der Waals surface area contributed by atoms with Crippen LogP contribution in [0.3, 0.4) is 0 Å². The lowest BCUT2D eigenvalue weighted by Crippen LogP contribution is -2.11. The van der Waals surface area contributed by atoms with Gasteiger partial charge in [0.25, 0.3) is 0 Å². The van der Waals surface area contributed by atoms with Crippen LogP contribution >= 0.6 is 15.9 Å². The van der Waals surface area contributed by atoms with E-state index in [1.54, 1.807) is 11.7 Å². The number of hydrogen-bond acceptors (Lipinski definition) is 2. The van der Waals surface area contributed by atoms with Gasteiger partial charge in [-0.2, -0.15) is 5.10 Å². The average molecular weight is 357 g/mol. The van der Waals surface area contributed by atoms with Crippen LogP contribution < -0.4 is 0 Å². The average Bonchev–Trinajstić information content (AvgIpc) is 2.70. The number of rotatable bonds is 4. The highest BCUT2D eigenvalue weighted by atomic mass is 79.9. The van der Waals surface area contributed by atoms with E-state index in [-0.39, 0.29) is 17.5 Å². The number of benzene rings is 1. The number of ketones is 1. The zero-order valence-corrected chi connectivity index (χ0v) is 13.6. The molecule has 112 valence electrons. The number of aryl methyl sites for hydroxylation is 3. The van der Waals surface area contributed by atoms with Gasteiger partial charge in [0.2, 0.25) is 0 Å². The van der Waals surface area contributed by atoms with Gasteiger partial charge >= 0.3 is 0 Å². The third-order valence-electron chi connectivity index (χ3n) is 3.38. The van der Waals surface area contributed by atoms with E-state index >= 15 is 0 Å². The molecule has 0 N–H and O–H groups in total. The standard InChI is InChI=1S/C15H15BrF2N2O/c1-4-12-15(16)13(20(3)19-12)7-14(21)9-5-8(2)10(17)6-11(9)18/h5-6H,4,7H2,1-3H3. The number of carbonyl (C=O) groups is 1. The van der Waals surface area contributed by atoms with Crippen LogP contribution in [0.2, 0.25) is 0 Å². The van der Waals surface area contributed by atoms with Gasteiger partial charge in [-0.15, -0.1) is 0 Å². The minimum Gasteiger partial charge on any atom is -0.294 e. The smallest absolute Gasteiger partial charge is 0.171 e. The first-order valence-electron chi connectivity index (χ1n) is 6.54. The Morgan fingerprint density at radius 2 is 2.00 bits per heavy atom. The summed E-state index contributed by atoms with van der Waals surface area (Å²) in [4.78, 5) is 12.3. The number of Topliss-reactive ketones (excluding diaryl/α,β-unsaturated/α-hetero) is 1. The van der Waals surface area contributed by atoms with Crippen molar-refractivity contribution in [3.8, 4) is 0 Å². The molecule has 21 heavy (non-hydrogen) atoms. The molecule has 0 radical (unpaired) electrons. The Balaban J connectivity index is 2.35. The van der Waals surface area contributed by atoms with Crippen molar-refractivity contribution < 1.29 is 13.6 Å². The van der Waals surface area contributed by atoms with Gasteiger partial charge in [0.1, 0.15) is 11.6 Å². The number of nitrogens with zero attached hydrogens (tertiary/aromatic N) is 2. The summed E-state index contributed by atoms with van der Waals surface area (Å²) in [5.74, 6) is -1.89. The van der Waals surface area contributed by atoms with Gasteiger partial charge in [-0.25, -0.2) is 8.78 Å². The van der Waals surface area contributed by atoms with E-state index < -0.39 is 17.4 Å². The molecule has 1 heterocycles. The molecule has 0 amide bonds. The fourth-order valence-corrected chi connectivity index (χ4v) is 2.89. The summed E-state index contributed by atoms with van der Waals surface area (Å²) in [5, 5.41) is 4.29. The zero-order valence-electron chi connectivity index (χ0n) is 12.0. The molecular formula is C15H15BrF2N2O. The van der Waals surface area contributed by atoms with Crippen molar-refractivity contribution in [3.05, 3.63) is 50.8 Å². The number of hydrogen-bond donors (Lipinski definition) is 0. The molecule has 2 rings (SSSR count). The van der Waals surface area contributed by atoms with E-state index in [4.69, 9.17) is 0 Å². The van der Waals surface area contributed by atoms with Crippen LogP contribution in [-0.2, 0) is 19.9 Å². The molecule has 1 aromatic carbocycles. The second-order valence-corrected chi connectivity index (χ2v) is 5.66. The topological polar surface area (TPSA) is 34.9 Å². The van der Waals surface area contributed by atoms with Crippen molar-refractivity contribution in [1.82, 2.24) is 9.78 Å². The molecule has 3 nitrogen and oxygen atoms in total. The van der Waals surface area contributed by atoms with Crippen molar-refractivity contribution in [1.29, 1.82) is 0 Å². The Kier molecular flexibility index (Phi) is 4.56. The molecule has 0 fully saturated rings. The molecule has 2 aromatic rings. The molecule has 0 bridgehead atoms. The molecule has 0 aliphatic rings. The lowest BCUT2D eigenvalue weighted by molar-refractivity contribution is 0.0986. The predicted octanol–water partition coefficient (Wildman–Crippen LogP) is 3.76. The van der Waals surface area contributed by atoms with Crippen molar-refractivity contribution in [2.24, 2.45) is 7.05 Å². The van der Waals surface area contributed by atoms with Crippen LogP contribution in [0.1, 0.15) is 34.2 Å². The maximum Gasteiger partial charge on any atom is 0.171 e. The molecule has 0 saturated heterocycles. The molecular weight excluding hydrogens is 342 g/mol. The fraction of sp³-hybridized carbons (Fsp3) is 0.333. The summed E-state index contributed by atoms with van der Waals surface area (Å²) in [6.07, 6.45) is 0.735. The van der Waals surface area contributed by atoms with Crippen LogP contribution in [0.25, 0.3) is 0 Å². The molecule has 0 aliphatic carbocycles. The van der Waals surface area contributed by atoms with Gasteiger partial charge in [0, 0.05) is 13.1 Å². The lowest BCUT2D eigenvalue weighted by Gasteiger charge is -2.06. The fourth-order valence-electron chi connectivity index (χ4n) is 2.13. The maximum absolute atomic E-state index is 13.8. The Hall–Kier alpha value is -1.56. The van der Waals surface area contributed by atoms with Gasteiger partial charge < -0.3 is 0 Å². The third kappa shape index (κ3) is 3.05. The molecule has 0 unspecified atom stereocenters. The van der Waals surface area contributed by atoms with E-state index in [9.17, 15) is 13.6 Å². The molecule has 0 atom stereocenters. The SMILES string of the molecule is CCc1nn(C)c(CC(=O)c2cc(C)c(F)cc2F)c1Br. The Morgan fingerprint density at radius 1 is 1.33 bits per heavy atom. The first-order chi connectivity index (χ1) is 9.85. The van der Waals surface area contributed by atoms with Gasteiger partial charge in [-0.1, -0.05) is 6.92 Å². The minimum absolute atomic E-state index is 0.00603. The molecule has 0 spiro atoms. The van der Waals surface area contributed by atoms with Crippen LogP contribution in [0.15, 0.2) is 16.6 Å². The van der Waals surface area contributed by atoms with Gasteiger partial charge in [-0.05, 0) is 40.9 Å². The largest absolute Gasteiger partial charge is 0.294 e. The van der Waals surface area contributed by atoms with Crippen LogP contribution in [0.4, 0.5) is 8.78 Å². The number of halogens is 3. The molecule has 1 aromatic heterocycles. The number of carbonyl (C=O) groups excluding carboxylic acids is 1. The Morgan fingerprint density at radius 3 is 2.57 bits per heavy atom. The second kappa shape index (κ2) is 6.05. The van der Waals surface area contributed by atoms with E-state index in [1.165, 1.54) is 13.0 Å². The second-order valence-electron chi connectivity index (χ2n) is 4.87. The van der Waals surface area contributed by atoms with Crippen molar-refractivity contribution in [2.75, 3.05) is 0 Å². The highest BCUT2D eigenvalue weighted by Crippen LogP contribution is 2.24. The predicted molar refractivity (Wildman–Crippen MR) is 79.4 cm³/mol. The minimum atomic E-state index is -0.836. The van der Waals surface area contributed by atoms with E-state index in [0.717, 1.165) is 22.7 Å². The van der Waals surface area contributed by atoms with E-state index in [1.807, 2.05) is 6.92 Å². The quantitative estimate of drug-likeness (QED) is 0.781. The van der Waals surface area contributed by atoms with Crippen molar-refractivity contribution >= 4 is 21.7 Å². The summed E-state index contributed by atoms with van der Waals surface area (Å²) >= 11 is 3.42. The first kappa shape index (κ1) is 15.8. The Labute approximate surface area is 130 Å². The van der Waals surface area contributed by atoms with Crippen LogP contribution in [0, 0.1) is 18.6 Å². The van der Waals surface area contributed by atoms with E-state index in [2.05, 4.69) is 21.0 Å². The zero-order chi connectivity index (χ0) is 15.7. The van der Waals surface area contributed by atoms with Crippen LogP contribution in [0.5, 0.6) is 0 Å². The normalized spacial score (nSPS) is 11.0. The van der Waals surface area contributed by atoms with Gasteiger partial charge in [-0.3, -0.25) is 9.48 Å². The van der Waals surface area contributed by atoms with Crippen molar-refractivity contribution in [3.63, 3.8) is 0 Å². The monoisotopic (exact) mass is 356 g/mol. The summed E-state index contributed by atoms with van der Waals surface area (Å²) in [5.41, 5.74) is 1.67. The maximum atomic E-state index is 13.8.